The van der Waals surface area contributed by atoms with Crippen LogP contribution >= 0.6 is 0 Å². The van der Waals surface area contributed by atoms with E-state index in [-0.39, 0.29) is 0 Å². The van der Waals surface area contributed by atoms with E-state index in [1.54, 1.807) is 0 Å². The number of likely N-dealkylation sites (tertiary alicyclic amines) is 1. The van der Waals surface area contributed by atoms with Gasteiger partial charge in [-0.3, -0.25) is 9.88 Å². The van der Waals surface area contributed by atoms with E-state index in [0.29, 0.717) is 12.1 Å². The van der Waals surface area contributed by atoms with Crippen molar-refractivity contribution < 1.29 is 0 Å². The molecule has 1 N–H and O–H groups in total. The van der Waals surface area contributed by atoms with Gasteiger partial charge in [-0.25, -0.2) is 0 Å². The highest BCUT2D eigenvalue weighted by atomic mass is 15.2. The van der Waals surface area contributed by atoms with Gasteiger partial charge in [0.25, 0.3) is 0 Å². The Morgan fingerprint density at radius 1 is 1.47 bits per heavy atom. The molecule has 1 aromatic rings. The van der Waals surface area contributed by atoms with Crippen LogP contribution in [0.25, 0.3) is 0 Å². The van der Waals surface area contributed by atoms with Gasteiger partial charge in [-0.15, -0.1) is 0 Å². The Bertz CT molecular complexity index is 325. The van der Waals surface area contributed by atoms with Crippen molar-refractivity contribution in [2.75, 3.05) is 13.6 Å². The van der Waals surface area contributed by atoms with Crippen molar-refractivity contribution >= 4 is 0 Å². The molecule has 1 saturated heterocycles. The lowest BCUT2D eigenvalue weighted by molar-refractivity contribution is 0.113. The Morgan fingerprint density at radius 2 is 2.35 bits per heavy atom. The van der Waals surface area contributed by atoms with Crippen molar-refractivity contribution in [1.82, 2.24) is 15.2 Å². The molecule has 1 aromatic heterocycles. The third kappa shape index (κ3) is 3.27. The fourth-order valence-corrected chi connectivity index (χ4v) is 2.67. The van der Waals surface area contributed by atoms with Gasteiger partial charge in [-0.1, -0.05) is 12.5 Å². The van der Waals surface area contributed by atoms with Crippen LogP contribution in [-0.4, -0.2) is 35.6 Å². The van der Waals surface area contributed by atoms with Crippen LogP contribution in [-0.2, 0) is 6.54 Å². The van der Waals surface area contributed by atoms with Crippen LogP contribution in [0.15, 0.2) is 24.4 Å². The lowest BCUT2D eigenvalue weighted by atomic mass is 9.96. The van der Waals surface area contributed by atoms with Gasteiger partial charge in [0.15, 0.2) is 0 Å². The van der Waals surface area contributed by atoms with Gasteiger partial charge in [0.2, 0.25) is 0 Å². The first kappa shape index (κ1) is 12.5. The maximum absolute atomic E-state index is 4.43. The van der Waals surface area contributed by atoms with Crippen LogP contribution in [0.3, 0.4) is 0 Å². The largest absolute Gasteiger partial charge is 0.316 e. The normalized spacial score (nSPS) is 23.5. The summed E-state index contributed by atoms with van der Waals surface area (Å²) in [6.07, 6.45) is 5.86. The molecule has 0 amide bonds. The number of nitrogens with one attached hydrogen (secondary N) is 1. The molecule has 0 spiro atoms. The maximum Gasteiger partial charge on any atom is 0.0544 e. The van der Waals surface area contributed by atoms with Gasteiger partial charge in [0.05, 0.1) is 5.69 Å². The van der Waals surface area contributed by atoms with E-state index in [1.165, 1.54) is 31.5 Å². The second-order valence-electron chi connectivity index (χ2n) is 4.93. The molecule has 3 nitrogen and oxygen atoms in total. The lowest BCUT2D eigenvalue weighted by Crippen LogP contribution is -2.49. The molecule has 0 aliphatic carbocycles. The number of nitrogens with zero attached hydrogens (tertiary/aromatic N) is 2. The van der Waals surface area contributed by atoms with Crippen LogP contribution < -0.4 is 5.32 Å². The van der Waals surface area contributed by atoms with Crippen molar-refractivity contribution in [2.45, 2.75) is 44.8 Å². The zero-order chi connectivity index (χ0) is 12.1. The van der Waals surface area contributed by atoms with Crippen molar-refractivity contribution in [3.8, 4) is 0 Å². The van der Waals surface area contributed by atoms with Crippen molar-refractivity contribution in [3.63, 3.8) is 0 Å². The van der Waals surface area contributed by atoms with Gasteiger partial charge in [-0.05, 0) is 45.5 Å². The van der Waals surface area contributed by atoms with E-state index in [0.717, 1.165) is 6.54 Å². The van der Waals surface area contributed by atoms with Crippen LogP contribution in [0.2, 0.25) is 0 Å². The molecule has 3 heteroatoms. The molecular formula is C14H23N3. The minimum absolute atomic E-state index is 0.555. The summed E-state index contributed by atoms with van der Waals surface area (Å²) in [5.41, 5.74) is 1.18. The SMILES string of the molecule is CNC(C)C1CCCCN1Cc1ccccn1. The Hall–Kier alpha value is -0.930. The summed E-state index contributed by atoms with van der Waals surface area (Å²) in [6.45, 7) is 4.46. The molecule has 2 unspecified atom stereocenters. The molecule has 1 aliphatic heterocycles. The molecule has 2 rings (SSSR count). The minimum atomic E-state index is 0.555. The topological polar surface area (TPSA) is 28.2 Å². The first-order valence-electron chi connectivity index (χ1n) is 6.62. The first-order chi connectivity index (χ1) is 8.31. The van der Waals surface area contributed by atoms with E-state index in [1.807, 2.05) is 12.3 Å². The fourth-order valence-electron chi connectivity index (χ4n) is 2.67. The van der Waals surface area contributed by atoms with Crippen LogP contribution in [0.4, 0.5) is 0 Å². The molecule has 1 fully saturated rings. The number of hydrogen-bond acceptors (Lipinski definition) is 3. The Balaban J connectivity index is 2.01. The van der Waals surface area contributed by atoms with Crippen molar-refractivity contribution in [3.05, 3.63) is 30.1 Å². The number of pyridine rings is 1. The zero-order valence-corrected chi connectivity index (χ0v) is 10.9. The summed E-state index contributed by atoms with van der Waals surface area (Å²) in [6, 6.07) is 7.38. The molecule has 2 heterocycles. The van der Waals surface area contributed by atoms with Crippen molar-refractivity contribution in [1.29, 1.82) is 0 Å². The molecule has 94 valence electrons. The Labute approximate surface area is 104 Å². The number of aromatic nitrogens is 1. The summed E-state index contributed by atoms with van der Waals surface area (Å²) in [5, 5.41) is 3.39. The Morgan fingerprint density at radius 3 is 3.06 bits per heavy atom. The number of likely N-dealkylation sites (N-methyl/N-ethyl adjacent to an activating group) is 1. The molecule has 0 saturated carbocycles. The van der Waals surface area contributed by atoms with Gasteiger partial charge >= 0.3 is 0 Å². The molecular weight excluding hydrogens is 210 g/mol. The number of rotatable bonds is 4. The zero-order valence-electron chi connectivity index (χ0n) is 10.9. The van der Waals surface area contributed by atoms with Crippen LogP contribution in [0.1, 0.15) is 31.9 Å². The molecule has 2 atom stereocenters. The van der Waals surface area contributed by atoms with E-state index >= 15 is 0 Å². The van der Waals surface area contributed by atoms with Gasteiger partial charge in [-0.2, -0.15) is 0 Å². The molecule has 0 bridgehead atoms. The third-order valence-electron chi connectivity index (χ3n) is 3.79. The predicted octanol–water partition coefficient (Wildman–Crippen LogP) is 2.04. The van der Waals surface area contributed by atoms with Crippen LogP contribution in [0, 0.1) is 0 Å². The summed E-state index contributed by atoms with van der Waals surface area (Å²) in [7, 11) is 2.05. The lowest BCUT2D eigenvalue weighted by Gasteiger charge is -2.39. The molecule has 17 heavy (non-hydrogen) atoms. The smallest absolute Gasteiger partial charge is 0.0544 e. The van der Waals surface area contributed by atoms with E-state index in [2.05, 4.69) is 41.3 Å². The first-order valence-corrected chi connectivity index (χ1v) is 6.62. The van der Waals surface area contributed by atoms with Gasteiger partial charge in [0.1, 0.15) is 0 Å². The number of piperidine rings is 1. The second kappa shape index (κ2) is 6.12. The summed E-state index contributed by atoms with van der Waals surface area (Å²) >= 11 is 0. The highest BCUT2D eigenvalue weighted by Gasteiger charge is 2.26. The average Bonchev–Trinajstić information content (AvgIpc) is 2.40. The predicted molar refractivity (Wildman–Crippen MR) is 70.8 cm³/mol. The van der Waals surface area contributed by atoms with E-state index < -0.39 is 0 Å². The van der Waals surface area contributed by atoms with E-state index in [4.69, 9.17) is 0 Å². The summed E-state index contributed by atoms with van der Waals surface area (Å²) in [4.78, 5) is 7.01. The van der Waals surface area contributed by atoms with Gasteiger partial charge < -0.3 is 5.32 Å². The molecule has 1 aliphatic rings. The van der Waals surface area contributed by atoms with E-state index in [9.17, 15) is 0 Å². The molecule has 0 radical (unpaired) electrons. The maximum atomic E-state index is 4.43. The summed E-state index contributed by atoms with van der Waals surface area (Å²) in [5.74, 6) is 0. The number of hydrogen-bond donors (Lipinski definition) is 1. The standard InChI is InChI=1S/C14H23N3/c1-12(15-2)14-8-4-6-10-17(14)11-13-7-3-5-9-16-13/h3,5,7,9,12,14-15H,4,6,8,10-11H2,1-2H3. The third-order valence-corrected chi connectivity index (χ3v) is 3.79. The molecule has 0 aromatic carbocycles. The average molecular weight is 233 g/mol. The fraction of sp³-hybridized carbons (Fsp3) is 0.643. The highest BCUT2D eigenvalue weighted by Crippen LogP contribution is 2.21. The Kier molecular flexibility index (Phi) is 4.51. The quantitative estimate of drug-likeness (QED) is 0.862. The highest BCUT2D eigenvalue weighted by molar-refractivity contribution is 5.04. The summed E-state index contributed by atoms with van der Waals surface area (Å²) < 4.78 is 0. The minimum Gasteiger partial charge on any atom is -0.316 e. The second-order valence-corrected chi connectivity index (χ2v) is 4.93. The van der Waals surface area contributed by atoms with Crippen LogP contribution in [0.5, 0.6) is 0 Å². The van der Waals surface area contributed by atoms with Crippen molar-refractivity contribution in [2.24, 2.45) is 0 Å². The van der Waals surface area contributed by atoms with Gasteiger partial charge in [0, 0.05) is 24.8 Å². The monoisotopic (exact) mass is 233 g/mol.